The van der Waals surface area contributed by atoms with E-state index in [2.05, 4.69) is 53.2 Å². The van der Waals surface area contributed by atoms with Gasteiger partial charge < -0.3 is 15.4 Å². The first-order valence-corrected chi connectivity index (χ1v) is 15.0. The molecule has 2 aromatic carbocycles. The summed E-state index contributed by atoms with van der Waals surface area (Å²) in [5.41, 5.74) is 3.73. The highest BCUT2D eigenvalue weighted by Gasteiger charge is 2.23. The molecule has 39 heavy (non-hydrogen) atoms. The van der Waals surface area contributed by atoms with Crippen LogP contribution in [0.2, 0.25) is 0 Å². The summed E-state index contributed by atoms with van der Waals surface area (Å²) in [6, 6.07) is 16.4. The standard InChI is InChI=1S/C27H35N5O5S2/c1-27(2,3)21-14-12-20(13-15-21)23-18-38-25(30-23)32-24(33)22(11-7-8-16-29-39(28,35)36)31-26(34)37-17-19-9-5-4-6-10-19/h4-6,9-10,12-15,18,22,29H,7-8,11,16-17H2,1-3H3,(H,31,34)(H2,28,35,36)(H,30,32,33)/t22-/m1/s1. The molecule has 3 rings (SSSR count). The topological polar surface area (TPSA) is 153 Å². The van der Waals surface area contributed by atoms with E-state index in [1.54, 1.807) is 0 Å². The molecule has 0 radical (unpaired) electrons. The number of anilines is 1. The number of alkyl carbamates (subject to hydrolysis) is 1. The van der Waals surface area contributed by atoms with E-state index in [-0.39, 0.29) is 25.0 Å². The molecule has 0 saturated heterocycles. The second-order valence-corrected chi connectivity index (χ2v) is 12.3. The zero-order valence-electron chi connectivity index (χ0n) is 22.3. The molecule has 0 bridgehead atoms. The minimum Gasteiger partial charge on any atom is -0.445 e. The normalized spacial score (nSPS) is 12.5. The Kier molecular flexibility index (Phi) is 10.6. The second kappa shape index (κ2) is 13.7. The Morgan fingerprint density at radius 1 is 1.05 bits per heavy atom. The van der Waals surface area contributed by atoms with E-state index in [9.17, 15) is 18.0 Å². The van der Waals surface area contributed by atoms with E-state index >= 15 is 0 Å². The van der Waals surface area contributed by atoms with Crippen molar-refractivity contribution in [3.8, 4) is 11.3 Å². The number of aromatic nitrogens is 1. The third-order valence-electron chi connectivity index (χ3n) is 5.83. The Balaban J connectivity index is 1.62. The zero-order valence-corrected chi connectivity index (χ0v) is 23.9. The van der Waals surface area contributed by atoms with E-state index < -0.39 is 28.3 Å². The SMILES string of the molecule is CC(C)(C)c1ccc(-c2csc(NC(=O)[C@@H](CCCCNS(N)(=O)=O)NC(=O)OCc3ccccc3)n2)cc1. The van der Waals surface area contributed by atoms with Gasteiger partial charge in [0.15, 0.2) is 5.13 Å². The van der Waals surface area contributed by atoms with Crippen LogP contribution < -0.4 is 20.5 Å². The maximum Gasteiger partial charge on any atom is 0.408 e. The highest BCUT2D eigenvalue weighted by molar-refractivity contribution is 7.87. The van der Waals surface area contributed by atoms with Gasteiger partial charge in [0.25, 0.3) is 10.2 Å². The number of carbonyl (C=O) groups is 2. The highest BCUT2D eigenvalue weighted by atomic mass is 32.2. The number of hydrogen-bond acceptors (Lipinski definition) is 7. The third kappa shape index (κ3) is 10.4. The van der Waals surface area contributed by atoms with Crippen molar-refractivity contribution < 1.29 is 22.7 Å². The number of thiazole rings is 1. The fourth-order valence-corrected chi connectivity index (χ4v) is 4.81. The summed E-state index contributed by atoms with van der Waals surface area (Å²) < 4.78 is 29.6. The van der Waals surface area contributed by atoms with E-state index in [0.717, 1.165) is 16.8 Å². The molecular formula is C27H35N5O5S2. The Bertz CT molecular complexity index is 1340. The van der Waals surface area contributed by atoms with Crippen molar-refractivity contribution in [2.24, 2.45) is 5.14 Å². The largest absolute Gasteiger partial charge is 0.445 e. The molecule has 0 spiro atoms. The number of nitrogens with two attached hydrogens (primary N) is 1. The molecule has 0 unspecified atom stereocenters. The van der Waals surface area contributed by atoms with Crippen molar-refractivity contribution in [3.63, 3.8) is 0 Å². The van der Waals surface area contributed by atoms with Crippen LogP contribution in [-0.2, 0) is 31.8 Å². The number of benzene rings is 2. The summed E-state index contributed by atoms with van der Waals surface area (Å²) in [5, 5.41) is 12.6. The Labute approximate surface area is 233 Å². The lowest BCUT2D eigenvalue weighted by atomic mass is 9.86. The van der Waals surface area contributed by atoms with Gasteiger partial charge in [0.2, 0.25) is 5.91 Å². The number of amides is 2. The van der Waals surface area contributed by atoms with Crippen molar-refractivity contribution in [1.82, 2.24) is 15.0 Å². The molecule has 5 N–H and O–H groups in total. The summed E-state index contributed by atoms with van der Waals surface area (Å²) in [4.78, 5) is 30.1. The zero-order chi connectivity index (χ0) is 28.5. The van der Waals surface area contributed by atoms with Gasteiger partial charge in [0.1, 0.15) is 12.6 Å². The Morgan fingerprint density at radius 3 is 2.38 bits per heavy atom. The number of unbranched alkanes of at least 4 members (excludes halogenated alkanes) is 1. The number of nitrogens with zero attached hydrogens (tertiary/aromatic N) is 1. The second-order valence-electron chi connectivity index (χ2n) is 10.0. The predicted octanol–water partition coefficient (Wildman–Crippen LogP) is 4.30. The van der Waals surface area contributed by atoms with E-state index in [0.29, 0.717) is 18.0 Å². The molecule has 0 aliphatic heterocycles. The minimum atomic E-state index is -3.79. The monoisotopic (exact) mass is 573 g/mol. The lowest BCUT2D eigenvalue weighted by molar-refractivity contribution is -0.118. The van der Waals surface area contributed by atoms with E-state index in [1.165, 1.54) is 16.9 Å². The molecule has 1 atom stereocenters. The fraction of sp³-hybridized carbons (Fsp3) is 0.370. The number of rotatable bonds is 12. The lowest BCUT2D eigenvalue weighted by Crippen LogP contribution is -2.44. The summed E-state index contributed by atoms with van der Waals surface area (Å²) in [5.74, 6) is -0.449. The summed E-state index contributed by atoms with van der Waals surface area (Å²) in [6.45, 7) is 6.63. The van der Waals surface area contributed by atoms with Crippen LogP contribution in [-0.4, -0.2) is 38.0 Å². The van der Waals surface area contributed by atoms with Crippen LogP contribution in [0.25, 0.3) is 11.3 Å². The van der Waals surface area contributed by atoms with Gasteiger partial charge in [0.05, 0.1) is 5.69 Å². The van der Waals surface area contributed by atoms with Crippen LogP contribution in [0.15, 0.2) is 60.0 Å². The van der Waals surface area contributed by atoms with Crippen LogP contribution in [0, 0.1) is 0 Å². The van der Waals surface area contributed by atoms with Crippen molar-refractivity contribution in [2.75, 3.05) is 11.9 Å². The van der Waals surface area contributed by atoms with Crippen LogP contribution >= 0.6 is 11.3 Å². The predicted molar refractivity (Wildman–Crippen MR) is 153 cm³/mol. The Hall–Kier alpha value is -3.32. The van der Waals surface area contributed by atoms with E-state index in [4.69, 9.17) is 9.88 Å². The molecule has 0 aliphatic rings. The number of carbonyl (C=O) groups excluding carboxylic acids is 2. The molecule has 10 nitrogen and oxygen atoms in total. The lowest BCUT2D eigenvalue weighted by Gasteiger charge is -2.19. The quantitative estimate of drug-likeness (QED) is 0.237. The van der Waals surface area contributed by atoms with Crippen LogP contribution in [0.4, 0.5) is 9.93 Å². The van der Waals surface area contributed by atoms with Gasteiger partial charge in [-0.05, 0) is 35.8 Å². The molecule has 3 aromatic rings. The van der Waals surface area contributed by atoms with Crippen LogP contribution in [0.1, 0.15) is 51.2 Å². The van der Waals surface area contributed by atoms with E-state index in [1.807, 2.05) is 47.8 Å². The molecule has 0 fully saturated rings. The van der Waals surface area contributed by atoms with Gasteiger partial charge in [-0.15, -0.1) is 11.3 Å². The van der Waals surface area contributed by atoms with Gasteiger partial charge in [-0.3, -0.25) is 4.79 Å². The fourth-order valence-electron chi connectivity index (χ4n) is 3.66. The molecule has 2 amide bonds. The Morgan fingerprint density at radius 2 is 1.74 bits per heavy atom. The first kappa shape index (κ1) is 30.2. The highest BCUT2D eigenvalue weighted by Crippen LogP contribution is 2.28. The maximum absolute atomic E-state index is 13.1. The number of hydrogen-bond donors (Lipinski definition) is 4. The average molecular weight is 574 g/mol. The van der Waals surface area contributed by atoms with Crippen molar-refractivity contribution in [3.05, 3.63) is 71.1 Å². The molecule has 12 heteroatoms. The van der Waals surface area contributed by atoms with Gasteiger partial charge in [0, 0.05) is 17.5 Å². The summed E-state index contributed by atoms with van der Waals surface area (Å²) >= 11 is 1.28. The van der Waals surface area contributed by atoms with Crippen molar-refractivity contribution >= 4 is 38.7 Å². The summed E-state index contributed by atoms with van der Waals surface area (Å²) in [7, 11) is -3.79. The molecular weight excluding hydrogens is 538 g/mol. The van der Waals surface area contributed by atoms with Gasteiger partial charge >= 0.3 is 6.09 Å². The number of nitrogens with one attached hydrogen (secondary N) is 3. The molecule has 1 heterocycles. The first-order valence-electron chi connectivity index (χ1n) is 12.5. The number of ether oxygens (including phenoxy) is 1. The van der Waals surface area contributed by atoms with Crippen LogP contribution in [0.5, 0.6) is 0 Å². The van der Waals surface area contributed by atoms with Gasteiger partial charge in [-0.1, -0.05) is 75.4 Å². The summed E-state index contributed by atoms with van der Waals surface area (Å²) in [6.07, 6.45) is 0.390. The molecule has 0 saturated carbocycles. The van der Waals surface area contributed by atoms with Crippen LogP contribution in [0.3, 0.4) is 0 Å². The van der Waals surface area contributed by atoms with Gasteiger partial charge in [-0.2, -0.15) is 8.42 Å². The van der Waals surface area contributed by atoms with Crippen molar-refractivity contribution in [1.29, 1.82) is 0 Å². The molecule has 210 valence electrons. The molecule has 1 aromatic heterocycles. The average Bonchev–Trinajstić information content (AvgIpc) is 3.34. The smallest absolute Gasteiger partial charge is 0.408 e. The molecule has 0 aliphatic carbocycles. The minimum absolute atomic E-state index is 0.0403. The van der Waals surface area contributed by atoms with Gasteiger partial charge in [-0.25, -0.2) is 19.6 Å². The van der Waals surface area contributed by atoms with Crippen molar-refractivity contribution in [2.45, 2.75) is 58.1 Å². The maximum atomic E-state index is 13.1. The first-order chi connectivity index (χ1) is 18.4. The third-order valence-corrected chi connectivity index (χ3v) is 7.19.